The minimum Gasteiger partial charge on any atom is -0.488 e. The van der Waals surface area contributed by atoms with E-state index in [0.717, 1.165) is 11.1 Å². The van der Waals surface area contributed by atoms with Gasteiger partial charge in [0, 0.05) is 0 Å². The van der Waals surface area contributed by atoms with Gasteiger partial charge in [-0.05, 0) is 43.2 Å². The third-order valence-electron chi connectivity index (χ3n) is 3.15. The fourth-order valence-electron chi connectivity index (χ4n) is 1.98. The van der Waals surface area contributed by atoms with Gasteiger partial charge in [0.15, 0.2) is 0 Å². The molecule has 0 unspecified atom stereocenters. The first-order chi connectivity index (χ1) is 10.1. The van der Waals surface area contributed by atoms with Gasteiger partial charge in [-0.1, -0.05) is 35.6 Å². The van der Waals surface area contributed by atoms with Crippen LogP contribution >= 0.6 is 0 Å². The van der Waals surface area contributed by atoms with Gasteiger partial charge in [0.2, 0.25) is 0 Å². The molecule has 2 rings (SSSR count). The van der Waals surface area contributed by atoms with E-state index in [-0.39, 0.29) is 12.4 Å². The Labute approximate surface area is 124 Å². The topological polar surface area (TPSA) is 35.2 Å². The SMILES string of the molecule is Cc1ccc(C)c(COc2ccc(F)cc2C#CCN)c1. The van der Waals surface area contributed by atoms with E-state index >= 15 is 0 Å². The van der Waals surface area contributed by atoms with Gasteiger partial charge in [0.1, 0.15) is 18.2 Å². The zero-order valence-corrected chi connectivity index (χ0v) is 12.2. The summed E-state index contributed by atoms with van der Waals surface area (Å²) in [7, 11) is 0. The normalized spacial score (nSPS) is 9.90. The van der Waals surface area contributed by atoms with Crippen molar-refractivity contribution in [2.24, 2.45) is 5.73 Å². The summed E-state index contributed by atoms with van der Waals surface area (Å²) in [5.41, 5.74) is 9.33. The van der Waals surface area contributed by atoms with Crippen LogP contribution in [0.15, 0.2) is 36.4 Å². The van der Waals surface area contributed by atoms with Crippen LogP contribution in [0, 0.1) is 31.5 Å². The molecule has 2 aromatic carbocycles. The van der Waals surface area contributed by atoms with Crippen molar-refractivity contribution in [1.29, 1.82) is 0 Å². The molecule has 0 bridgehead atoms. The Bertz CT molecular complexity index is 698. The molecule has 108 valence electrons. The quantitative estimate of drug-likeness (QED) is 0.877. The summed E-state index contributed by atoms with van der Waals surface area (Å²) >= 11 is 0. The number of nitrogens with two attached hydrogens (primary N) is 1. The van der Waals surface area contributed by atoms with Crippen LogP contribution in [0.3, 0.4) is 0 Å². The zero-order chi connectivity index (χ0) is 15.2. The highest BCUT2D eigenvalue weighted by molar-refractivity contribution is 5.46. The van der Waals surface area contributed by atoms with Gasteiger partial charge in [-0.25, -0.2) is 4.39 Å². The Kier molecular flexibility index (Phi) is 4.97. The molecule has 0 amide bonds. The summed E-state index contributed by atoms with van der Waals surface area (Å²) in [5, 5.41) is 0. The van der Waals surface area contributed by atoms with Crippen LogP contribution in [-0.2, 0) is 6.61 Å². The number of ether oxygens (including phenoxy) is 1. The fraction of sp³-hybridized carbons (Fsp3) is 0.222. The first-order valence-electron chi connectivity index (χ1n) is 6.77. The molecule has 0 aliphatic rings. The van der Waals surface area contributed by atoms with Gasteiger partial charge in [-0.3, -0.25) is 0 Å². The number of halogens is 1. The van der Waals surface area contributed by atoms with Crippen molar-refractivity contribution < 1.29 is 9.13 Å². The zero-order valence-electron chi connectivity index (χ0n) is 12.2. The summed E-state index contributed by atoms with van der Waals surface area (Å²) in [6.45, 7) is 4.74. The monoisotopic (exact) mass is 283 g/mol. The van der Waals surface area contributed by atoms with E-state index in [2.05, 4.69) is 30.0 Å². The van der Waals surface area contributed by atoms with E-state index in [1.807, 2.05) is 13.8 Å². The predicted octanol–water partition coefficient (Wildman–Crippen LogP) is 3.33. The van der Waals surface area contributed by atoms with Crippen LogP contribution in [0.1, 0.15) is 22.3 Å². The summed E-state index contributed by atoms with van der Waals surface area (Å²) in [4.78, 5) is 0. The van der Waals surface area contributed by atoms with Crippen LogP contribution in [0.4, 0.5) is 4.39 Å². The maximum absolute atomic E-state index is 13.3. The molecule has 2 aromatic rings. The summed E-state index contributed by atoms with van der Waals surface area (Å²) in [6, 6.07) is 10.5. The Morgan fingerprint density at radius 2 is 1.95 bits per heavy atom. The average molecular weight is 283 g/mol. The lowest BCUT2D eigenvalue weighted by molar-refractivity contribution is 0.304. The molecular weight excluding hydrogens is 265 g/mol. The largest absolute Gasteiger partial charge is 0.488 e. The van der Waals surface area contributed by atoms with E-state index < -0.39 is 0 Å². The molecule has 0 fully saturated rings. The summed E-state index contributed by atoms with van der Waals surface area (Å²) in [5.74, 6) is 5.79. The lowest BCUT2D eigenvalue weighted by atomic mass is 10.1. The predicted molar refractivity (Wildman–Crippen MR) is 82.6 cm³/mol. The maximum Gasteiger partial charge on any atom is 0.135 e. The minimum atomic E-state index is -0.338. The number of hydrogen-bond acceptors (Lipinski definition) is 2. The number of aryl methyl sites for hydroxylation is 2. The van der Waals surface area contributed by atoms with Gasteiger partial charge in [-0.2, -0.15) is 0 Å². The highest BCUT2D eigenvalue weighted by atomic mass is 19.1. The van der Waals surface area contributed by atoms with Crippen LogP contribution in [0.25, 0.3) is 0 Å². The van der Waals surface area contributed by atoms with Crippen molar-refractivity contribution in [3.63, 3.8) is 0 Å². The van der Waals surface area contributed by atoms with Crippen molar-refractivity contribution in [2.75, 3.05) is 6.54 Å². The molecule has 0 heterocycles. The lowest BCUT2D eigenvalue weighted by Gasteiger charge is -2.11. The average Bonchev–Trinajstić information content (AvgIpc) is 2.47. The Morgan fingerprint density at radius 1 is 1.14 bits per heavy atom. The summed E-state index contributed by atoms with van der Waals surface area (Å²) in [6.07, 6.45) is 0. The third-order valence-corrected chi connectivity index (χ3v) is 3.15. The molecule has 0 saturated carbocycles. The molecule has 0 aromatic heterocycles. The van der Waals surface area contributed by atoms with Gasteiger partial charge in [0.25, 0.3) is 0 Å². The molecule has 0 aliphatic heterocycles. The summed E-state index contributed by atoms with van der Waals surface area (Å²) < 4.78 is 19.1. The maximum atomic E-state index is 13.3. The lowest BCUT2D eigenvalue weighted by Crippen LogP contribution is -2.00. The Hall–Kier alpha value is -2.31. The van der Waals surface area contributed by atoms with E-state index in [0.29, 0.717) is 17.9 Å². The van der Waals surface area contributed by atoms with E-state index in [1.54, 1.807) is 6.07 Å². The molecule has 0 radical (unpaired) electrons. The molecule has 0 aliphatic carbocycles. The minimum absolute atomic E-state index is 0.229. The second-order valence-corrected chi connectivity index (χ2v) is 4.86. The Morgan fingerprint density at radius 3 is 2.71 bits per heavy atom. The van der Waals surface area contributed by atoms with Crippen LogP contribution in [-0.4, -0.2) is 6.54 Å². The van der Waals surface area contributed by atoms with Crippen molar-refractivity contribution in [2.45, 2.75) is 20.5 Å². The van der Waals surface area contributed by atoms with Crippen LogP contribution < -0.4 is 10.5 Å². The molecule has 0 atom stereocenters. The molecule has 2 N–H and O–H groups in total. The number of hydrogen-bond donors (Lipinski definition) is 1. The third kappa shape index (κ3) is 4.08. The Balaban J connectivity index is 2.21. The molecule has 0 saturated heterocycles. The first-order valence-corrected chi connectivity index (χ1v) is 6.77. The van der Waals surface area contributed by atoms with E-state index in [4.69, 9.17) is 10.5 Å². The van der Waals surface area contributed by atoms with Crippen molar-refractivity contribution >= 4 is 0 Å². The van der Waals surface area contributed by atoms with Gasteiger partial charge < -0.3 is 10.5 Å². The van der Waals surface area contributed by atoms with Crippen LogP contribution in [0.2, 0.25) is 0 Å². The highest BCUT2D eigenvalue weighted by Crippen LogP contribution is 2.21. The van der Waals surface area contributed by atoms with E-state index in [9.17, 15) is 4.39 Å². The second-order valence-electron chi connectivity index (χ2n) is 4.86. The second kappa shape index (κ2) is 6.92. The number of benzene rings is 2. The van der Waals surface area contributed by atoms with Crippen molar-refractivity contribution in [1.82, 2.24) is 0 Å². The van der Waals surface area contributed by atoms with E-state index in [1.165, 1.54) is 17.7 Å². The van der Waals surface area contributed by atoms with Gasteiger partial charge in [0.05, 0.1) is 12.1 Å². The van der Waals surface area contributed by atoms with Gasteiger partial charge in [-0.15, -0.1) is 0 Å². The number of rotatable bonds is 3. The highest BCUT2D eigenvalue weighted by Gasteiger charge is 2.05. The molecule has 3 heteroatoms. The fourth-order valence-corrected chi connectivity index (χ4v) is 1.98. The molecule has 21 heavy (non-hydrogen) atoms. The molecular formula is C18H18FNO. The molecule has 0 spiro atoms. The first kappa shape index (κ1) is 15.1. The van der Waals surface area contributed by atoms with Gasteiger partial charge >= 0.3 is 0 Å². The van der Waals surface area contributed by atoms with Crippen molar-refractivity contribution in [3.8, 4) is 17.6 Å². The standard InChI is InChI=1S/C18H18FNO/c1-13-5-6-14(2)16(10-13)12-21-18-8-7-17(19)11-15(18)4-3-9-20/h5-8,10-11H,9,12,20H2,1-2H3. The van der Waals surface area contributed by atoms with Crippen LogP contribution in [0.5, 0.6) is 5.75 Å². The van der Waals surface area contributed by atoms with Crippen molar-refractivity contribution in [3.05, 3.63) is 64.5 Å². The molecule has 2 nitrogen and oxygen atoms in total. The smallest absolute Gasteiger partial charge is 0.135 e.